The maximum Gasteiger partial charge on any atom is 0.254 e. The van der Waals surface area contributed by atoms with E-state index in [-0.39, 0.29) is 11.7 Å². The van der Waals surface area contributed by atoms with Crippen molar-refractivity contribution in [1.29, 1.82) is 0 Å². The molecular formula is C24H25FN4O. The van der Waals surface area contributed by atoms with Gasteiger partial charge >= 0.3 is 0 Å². The van der Waals surface area contributed by atoms with Gasteiger partial charge in [-0.15, -0.1) is 0 Å². The van der Waals surface area contributed by atoms with Crippen LogP contribution in [0.3, 0.4) is 0 Å². The van der Waals surface area contributed by atoms with Crippen molar-refractivity contribution in [3.63, 3.8) is 0 Å². The highest BCUT2D eigenvalue weighted by atomic mass is 19.1. The second kappa shape index (κ2) is 7.36. The number of carbonyl (C=O) groups is 1. The van der Waals surface area contributed by atoms with Crippen LogP contribution in [-0.2, 0) is 26.1 Å². The van der Waals surface area contributed by atoms with Crippen molar-refractivity contribution in [1.82, 2.24) is 19.4 Å². The Balaban J connectivity index is 1.43. The summed E-state index contributed by atoms with van der Waals surface area (Å²) in [6.45, 7) is 5.43. The lowest BCUT2D eigenvalue weighted by Crippen LogP contribution is -2.34. The van der Waals surface area contributed by atoms with E-state index in [1.54, 1.807) is 19.1 Å². The van der Waals surface area contributed by atoms with Gasteiger partial charge in [-0.05, 0) is 42.8 Å². The maximum absolute atomic E-state index is 13.9. The zero-order chi connectivity index (χ0) is 20.8. The molecule has 3 aromatic rings. The van der Waals surface area contributed by atoms with Crippen LogP contribution in [0, 0.1) is 12.7 Å². The normalized spacial score (nSPS) is 16.3. The van der Waals surface area contributed by atoms with Crippen molar-refractivity contribution >= 4 is 5.91 Å². The van der Waals surface area contributed by atoms with Gasteiger partial charge in [0.05, 0.1) is 11.9 Å². The minimum absolute atomic E-state index is 0.110. The summed E-state index contributed by atoms with van der Waals surface area (Å²) >= 11 is 0. The molecule has 3 heterocycles. The third-order valence-electron chi connectivity index (χ3n) is 6.34. The molecule has 2 aliphatic heterocycles. The predicted molar refractivity (Wildman–Crippen MR) is 114 cm³/mol. The molecule has 1 aromatic heterocycles. The fourth-order valence-electron chi connectivity index (χ4n) is 4.68. The number of aromatic nitrogens is 2. The number of imidazole rings is 1. The van der Waals surface area contributed by atoms with Crippen LogP contribution >= 0.6 is 0 Å². The molecule has 0 fully saturated rings. The Morgan fingerprint density at radius 2 is 1.90 bits per heavy atom. The standard InChI is InChI=1S/C24H25FN4O/c1-16-18(6-4-8-21(16)25)24(30)28-10-9-23-26-13-22(29(23)12-11-28)19-7-3-5-17-14-27(2)15-20(17)19/h3-8,13H,9-12,14-15H2,1-2H3. The van der Waals surface area contributed by atoms with Crippen LogP contribution in [0.15, 0.2) is 42.6 Å². The van der Waals surface area contributed by atoms with E-state index in [9.17, 15) is 9.18 Å². The predicted octanol–water partition coefficient (Wildman–Crippen LogP) is 3.64. The number of hydrogen-bond donors (Lipinski definition) is 0. The van der Waals surface area contributed by atoms with Crippen molar-refractivity contribution in [2.24, 2.45) is 0 Å². The Bertz CT molecular complexity index is 1140. The van der Waals surface area contributed by atoms with Crippen LogP contribution in [0.1, 0.15) is 32.9 Å². The molecule has 0 atom stereocenters. The number of carbonyl (C=O) groups excluding carboxylic acids is 1. The Morgan fingerprint density at radius 3 is 2.77 bits per heavy atom. The van der Waals surface area contributed by atoms with E-state index in [0.717, 1.165) is 24.6 Å². The van der Waals surface area contributed by atoms with E-state index in [1.165, 1.54) is 22.8 Å². The van der Waals surface area contributed by atoms with E-state index in [1.807, 2.05) is 11.1 Å². The van der Waals surface area contributed by atoms with E-state index < -0.39 is 0 Å². The van der Waals surface area contributed by atoms with Crippen LogP contribution in [0.2, 0.25) is 0 Å². The largest absolute Gasteiger partial charge is 0.336 e. The van der Waals surface area contributed by atoms with Gasteiger partial charge in [0.15, 0.2) is 0 Å². The second-order valence-electron chi connectivity index (χ2n) is 8.28. The van der Waals surface area contributed by atoms with Gasteiger partial charge in [-0.25, -0.2) is 9.37 Å². The molecule has 0 saturated carbocycles. The van der Waals surface area contributed by atoms with Crippen LogP contribution < -0.4 is 0 Å². The molecule has 0 aliphatic carbocycles. The zero-order valence-corrected chi connectivity index (χ0v) is 17.4. The first-order valence-corrected chi connectivity index (χ1v) is 10.4. The molecule has 0 saturated heterocycles. The quantitative estimate of drug-likeness (QED) is 0.655. The molecule has 0 unspecified atom stereocenters. The minimum atomic E-state index is -0.339. The number of amides is 1. The van der Waals surface area contributed by atoms with Crippen LogP contribution in [0.25, 0.3) is 11.3 Å². The Kier molecular flexibility index (Phi) is 4.66. The second-order valence-corrected chi connectivity index (χ2v) is 8.28. The highest BCUT2D eigenvalue weighted by Crippen LogP contribution is 2.33. The molecule has 5 rings (SSSR count). The summed E-state index contributed by atoms with van der Waals surface area (Å²) in [5.74, 6) is 0.551. The van der Waals surface area contributed by atoms with Crippen molar-refractivity contribution in [3.05, 3.63) is 76.5 Å². The first-order valence-electron chi connectivity index (χ1n) is 10.4. The van der Waals surface area contributed by atoms with Crippen molar-refractivity contribution < 1.29 is 9.18 Å². The van der Waals surface area contributed by atoms with Crippen molar-refractivity contribution in [3.8, 4) is 11.3 Å². The van der Waals surface area contributed by atoms with Gasteiger partial charge in [-0.1, -0.05) is 24.3 Å². The molecule has 154 valence electrons. The fourth-order valence-corrected chi connectivity index (χ4v) is 4.68. The molecule has 2 aromatic carbocycles. The third kappa shape index (κ3) is 3.12. The number of rotatable bonds is 2. The zero-order valence-electron chi connectivity index (χ0n) is 17.4. The lowest BCUT2D eigenvalue weighted by Gasteiger charge is -2.21. The minimum Gasteiger partial charge on any atom is -0.336 e. The van der Waals surface area contributed by atoms with E-state index in [0.29, 0.717) is 37.2 Å². The summed E-state index contributed by atoms with van der Waals surface area (Å²) in [4.78, 5) is 21.9. The molecular weight excluding hydrogens is 379 g/mol. The molecule has 0 radical (unpaired) electrons. The van der Waals surface area contributed by atoms with Gasteiger partial charge in [0.25, 0.3) is 5.91 Å². The number of hydrogen-bond acceptors (Lipinski definition) is 3. The summed E-state index contributed by atoms with van der Waals surface area (Å²) in [6.07, 6.45) is 2.66. The molecule has 0 bridgehead atoms. The van der Waals surface area contributed by atoms with Gasteiger partial charge in [-0.2, -0.15) is 0 Å². The van der Waals surface area contributed by atoms with E-state index >= 15 is 0 Å². The summed E-state index contributed by atoms with van der Waals surface area (Å²) in [5, 5.41) is 0. The molecule has 6 heteroatoms. The first kappa shape index (κ1) is 19.0. The SMILES string of the molecule is Cc1c(F)cccc1C(=O)N1CCc2ncc(-c3cccc4c3CN(C)C4)n2CC1. The third-order valence-corrected chi connectivity index (χ3v) is 6.34. The molecule has 5 nitrogen and oxygen atoms in total. The maximum atomic E-state index is 13.9. The lowest BCUT2D eigenvalue weighted by atomic mass is 10.0. The van der Waals surface area contributed by atoms with E-state index in [2.05, 4.69) is 39.7 Å². The van der Waals surface area contributed by atoms with Crippen LogP contribution in [0.5, 0.6) is 0 Å². The smallest absolute Gasteiger partial charge is 0.254 e. The summed E-state index contributed by atoms with van der Waals surface area (Å²) in [7, 11) is 2.14. The molecule has 30 heavy (non-hydrogen) atoms. The molecule has 0 spiro atoms. The number of benzene rings is 2. The van der Waals surface area contributed by atoms with E-state index in [4.69, 9.17) is 0 Å². The monoisotopic (exact) mass is 404 g/mol. The van der Waals surface area contributed by atoms with Crippen LogP contribution in [0.4, 0.5) is 4.39 Å². The Morgan fingerprint density at radius 1 is 1.07 bits per heavy atom. The van der Waals surface area contributed by atoms with Crippen molar-refractivity contribution in [2.75, 3.05) is 20.1 Å². The topological polar surface area (TPSA) is 41.4 Å². The highest BCUT2D eigenvalue weighted by Gasteiger charge is 2.26. The number of halogens is 1. The van der Waals surface area contributed by atoms with Gasteiger partial charge in [0.1, 0.15) is 11.6 Å². The number of nitrogens with zero attached hydrogens (tertiary/aromatic N) is 4. The Hall–Kier alpha value is -2.99. The van der Waals surface area contributed by atoms with Gasteiger partial charge < -0.3 is 9.47 Å². The molecule has 0 N–H and O–H groups in total. The van der Waals surface area contributed by atoms with Gasteiger partial charge in [-0.3, -0.25) is 9.69 Å². The highest BCUT2D eigenvalue weighted by molar-refractivity contribution is 5.95. The molecule has 2 aliphatic rings. The first-order chi connectivity index (χ1) is 14.5. The summed E-state index contributed by atoms with van der Waals surface area (Å²) in [6, 6.07) is 11.2. The summed E-state index contributed by atoms with van der Waals surface area (Å²) in [5.41, 5.74) is 5.95. The number of fused-ring (bicyclic) bond motifs is 2. The molecule has 1 amide bonds. The Labute approximate surface area is 175 Å². The van der Waals surface area contributed by atoms with Gasteiger partial charge in [0, 0.05) is 50.3 Å². The average Bonchev–Trinajstić information content (AvgIpc) is 3.25. The van der Waals surface area contributed by atoms with Crippen LogP contribution in [-0.4, -0.2) is 45.4 Å². The average molecular weight is 404 g/mol. The fraction of sp³-hybridized carbons (Fsp3) is 0.333. The summed E-state index contributed by atoms with van der Waals surface area (Å²) < 4.78 is 16.2. The van der Waals surface area contributed by atoms with Crippen molar-refractivity contribution in [2.45, 2.75) is 33.0 Å². The lowest BCUT2D eigenvalue weighted by molar-refractivity contribution is 0.0758. The van der Waals surface area contributed by atoms with Gasteiger partial charge in [0.2, 0.25) is 0 Å².